The van der Waals surface area contributed by atoms with Crippen LogP contribution in [0.5, 0.6) is 5.75 Å². The Morgan fingerprint density at radius 1 is 1.17 bits per heavy atom. The molecule has 3 nitrogen and oxygen atoms in total. The first-order valence-corrected chi connectivity index (χ1v) is 6.08. The minimum atomic E-state index is 0.345. The van der Waals surface area contributed by atoms with E-state index >= 15 is 0 Å². The van der Waals surface area contributed by atoms with Crippen LogP contribution < -0.4 is 4.90 Å². The van der Waals surface area contributed by atoms with E-state index in [9.17, 15) is 5.11 Å². The predicted molar refractivity (Wildman–Crippen MR) is 74.1 cm³/mol. The maximum absolute atomic E-state index is 9.70. The zero-order chi connectivity index (χ0) is 13.0. The van der Waals surface area contributed by atoms with Gasteiger partial charge < -0.3 is 10.0 Å². The number of hydrogen-bond acceptors (Lipinski definition) is 3. The first-order chi connectivity index (χ1) is 8.68. The Hall–Kier alpha value is -2.03. The van der Waals surface area contributed by atoms with E-state index in [1.165, 1.54) is 0 Å². The number of rotatable bonds is 4. The van der Waals surface area contributed by atoms with E-state index in [0.29, 0.717) is 5.75 Å². The molecule has 0 amide bonds. The number of anilines is 1. The van der Waals surface area contributed by atoms with E-state index in [2.05, 4.69) is 9.88 Å². The Balaban J connectivity index is 2.04. The van der Waals surface area contributed by atoms with E-state index < -0.39 is 0 Å². The molecule has 1 aromatic heterocycles. The quantitative estimate of drug-likeness (QED) is 0.895. The zero-order valence-corrected chi connectivity index (χ0v) is 10.8. The fraction of sp³-hybridized carbons (Fsp3) is 0.267. The number of phenols is 1. The van der Waals surface area contributed by atoms with Gasteiger partial charge in [0.1, 0.15) is 5.75 Å². The molecule has 0 spiro atoms. The molecule has 0 fully saturated rings. The molecule has 1 N–H and O–H groups in total. The third kappa shape index (κ3) is 2.80. The highest BCUT2D eigenvalue weighted by Crippen LogP contribution is 2.26. The van der Waals surface area contributed by atoms with Crippen molar-refractivity contribution in [2.75, 3.05) is 18.5 Å². The summed E-state index contributed by atoms with van der Waals surface area (Å²) in [5, 5.41) is 9.70. The summed E-state index contributed by atoms with van der Waals surface area (Å²) in [7, 11) is 2.03. The van der Waals surface area contributed by atoms with Crippen molar-refractivity contribution in [3.8, 4) is 5.75 Å². The number of pyridine rings is 1. The van der Waals surface area contributed by atoms with Crippen LogP contribution in [-0.2, 0) is 6.42 Å². The lowest BCUT2D eigenvalue weighted by Gasteiger charge is -2.21. The Morgan fingerprint density at radius 2 is 2.00 bits per heavy atom. The Morgan fingerprint density at radius 3 is 2.72 bits per heavy atom. The van der Waals surface area contributed by atoms with Gasteiger partial charge in [0.15, 0.2) is 0 Å². The molecule has 0 bridgehead atoms. The molecule has 0 saturated carbocycles. The molecule has 0 aliphatic rings. The second kappa shape index (κ2) is 5.54. The van der Waals surface area contributed by atoms with E-state index in [1.807, 2.05) is 50.5 Å². The second-order valence-corrected chi connectivity index (χ2v) is 4.41. The van der Waals surface area contributed by atoms with Gasteiger partial charge in [0.25, 0.3) is 0 Å². The standard InChI is InChI=1S/C15H18N2O/c1-12-14(7-5-8-15(12)18)17(2)11-9-13-6-3-4-10-16-13/h3-8,10,18H,9,11H2,1-2H3. The van der Waals surface area contributed by atoms with Gasteiger partial charge in [-0.05, 0) is 31.2 Å². The predicted octanol–water partition coefficient (Wildman–Crippen LogP) is 2.77. The lowest BCUT2D eigenvalue weighted by atomic mass is 10.1. The summed E-state index contributed by atoms with van der Waals surface area (Å²) in [6.45, 7) is 2.81. The van der Waals surface area contributed by atoms with Crippen LogP contribution in [0.25, 0.3) is 0 Å². The number of nitrogens with zero attached hydrogens (tertiary/aromatic N) is 2. The highest BCUT2D eigenvalue weighted by Gasteiger charge is 2.07. The van der Waals surface area contributed by atoms with E-state index in [0.717, 1.165) is 29.9 Å². The Bertz CT molecular complexity index is 511. The van der Waals surface area contributed by atoms with Gasteiger partial charge in [-0.1, -0.05) is 12.1 Å². The largest absolute Gasteiger partial charge is 0.508 e. The highest BCUT2D eigenvalue weighted by atomic mass is 16.3. The summed E-state index contributed by atoms with van der Waals surface area (Å²) < 4.78 is 0. The van der Waals surface area contributed by atoms with Crippen LogP contribution in [0.15, 0.2) is 42.6 Å². The van der Waals surface area contributed by atoms with Gasteiger partial charge in [0.05, 0.1) is 0 Å². The van der Waals surface area contributed by atoms with Crippen molar-refractivity contribution in [2.45, 2.75) is 13.3 Å². The zero-order valence-electron chi connectivity index (χ0n) is 10.8. The van der Waals surface area contributed by atoms with Crippen molar-refractivity contribution in [1.82, 2.24) is 4.98 Å². The molecular formula is C15H18N2O. The summed E-state index contributed by atoms with van der Waals surface area (Å²) in [6.07, 6.45) is 2.71. The summed E-state index contributed by atoms with van der Waals surface area (Å²) >= 11 is 0. The van der Waals surface area contributed by atoms with E-state index in [-0.39, 0.29) is 0 Å². The average Bonchev–Trinajstić information content (AvgIpc) is 2.40. The molecule has 2 aromatic rings. The van der Waals surface area contributed by atoms with Crippen LogP contribution in [-0.4, -0.2) is 23.7 Å². The van der Waals surface area contributed by atoms with Crippen LogP contribution in [0.1, 0.15) is 11.3 Å². The Kier molecular flexibility index (Phi) is 3.82. The molecule has 0 atom stereocenters. The lowest BCUT2D eigenvalue weighted by molar-refractivity contribution is 0.471. The fourth-order valence-electron chi connectivity index (χ4n) is 1.97. The van der Waals surface area contributed by atoms with Gasteiger partial charge >= 0.3 is 0 Å². The first-order valence-electron chi connectivity index (χ1n) is 6.08. The van der Waals surface area contributed by atoms with Crippen molar-refractivity contribution in [3.63, 3.8) is 0 Å². The normalized spacial score (nSPS) is 10.3. The average molecular weight is 242 g/mol. The number of likely N-dealkylation sites (N-methyl/N-ethyl adjacent to an activating group) is 1. The molecule has 3 heteroatoms. The molecule has 1 heterocycles. The molecule has 0 unspecified atom stereocenters. The molecule has 94 valence electrons. The summed E-state index contributed by atoms with van der Waals surface area (Å²) in [6, 6.07) is 11.6. The Labute approximate surface area is 108 Å². The van der Waals surface area contributed by atoms with Gasteiger partial charge in [-0.15, -0.1) is 0 Å². The minimum Gasteiger partial charge on any atom is -0.508 e. The number of aromatic nitrogens is 1. The van der Waals surface area contributed by atoms with Gasteiger partial charge in [-0.25, -0.2) is 0 Å². The molecule has 0 radical (unpaired) electrons. The van der Waals surface area contributed by atoms with E-state index in [4.69, 9.17) is 0 Å². The van der Waals surface area contributed by atoms with Gasteiger partial charge in [0.2, 0.25) is 0 Å². The van der Waals surface area contributed by atoms with Crippen molar-refractivity contribution in [3.05, 3.63) is 53.9 Å². The molecule has 0 saturated heterocycles. The third-order valence-corrected chi connectivity index (χ3v) is 3.12. The fourth-order valence-corrected chi connectivity index (χ4v) is 1.97. The number of hydrogen-bond donors (Lipinski definition) is 1. The summed E-state index contributed by atoms with van der Waals surface area (Å²) in [4.78, 5) is 6.45. The SMILES string of the molecule is Cc1c(O)cccc1N(C)CCc1ccccn1. The molecule has 18 heavy (non-hydrogen) atoms. The molecule has 2 rings (SSSR count). The highest BCUT2D eigenvalue weighted by molar-refractivity contribution is 5.57. The van der Waals surface area contributed by atoms with Crippen LogP contribution in [0, 0.1) is 6.92 Å². The topological polar surface area (TPSA) is 36.4 Å². The van der Waals surface area contributed by atoms with Crippen molar-refractivity contribution in [2.24, 2.45) is 0 Å². The third-order valence-electron chi connectivity index (χ3n) is 3.12. The number of phenolic OH excluding ortho intramolecular Hbond substituents is 1. The smallest absolute Gasteiger partial charge is 0.120 e. The minimum absolute atomic E-state index is 0.345. The molecule has 0 aliphatic heterocycles. The second-order valence-electron chi connectivity index (χ2n) is 4.41. The molecular weight excluding hydrogens is 224 g/mol. The van der Waals surface area contributed by atoms with Crippen LogP contribution in [0.2, 0.25) is 0 Å². The lowest BCUT2D eigenvalue weighted by Crippen LogP contribution is -2.21. The van der Waals surface area contributed by atoms with Crippen LogP contribution in [0.3, 0.4) is 0 Å². The maximum Gasteiger partial charge on any atom is 0.120 e. The first kappa shape index (κ1) is 12.4. The molecule has 1 aromatic carbocycles. The number of aromatic hydroxyl groups is 1. The molecule has 0 aliphatic carbocycles. The van der Waals surface area contributed by atoms with Crippen molar-refractivity contribution in [1.29, 1.82) is 0 Å². The van der Waals surface area contributed by atoms with Gasteiger partial charge in [-0.3, -0.25) is 4.98 Å². The van der Waals surface area contributed by atoms with E-state index in [1.54, 1.807) is 6.07 Å². The van der Waals surface area contributed by atoms with Crippen LogP contribution in [0.4, 0.5) is 5.69 Å². The maximum atomic E-state index is 9.70. The van der Waals surface area contributed by atoms with Gasteiger partial charge in [-0.2, -0.15) is 0 Å². The monoisotopic (exact) mass is 242 g/mol. The summed E-state index contributed by atoms with van der Waals surface area (Å²) in [5.41, 5.74) is 3.06. The summed E-state index contributed by atoms with van der Waals surface area (Å²) in [5.74, 6) is 0.345. The van der Waals surface area contributed by atoms with Crippen molar-refractivity contribution < 1.29 is 5.11 Å². The van der Waals surface area contributed by atoms with Crippen molar-refractivity contribution >= 4 is 5.69 Å². The number of benzene rings is 1. The van der Waals surface area contributed by atoms with Crippen LogP contribution >= 0.6 is 0 Å². The van der Waals surface area contributed by atoms with Gasteiger partial charge in [0, 0.05) is 43.2 Å².